The Bertz CT molecular complexity index is 3650. The maximum atomic E-state index is 14.1. The maximum Gasteiger partial charge on any atom is 0.272 e. The molecule has 640 valence electrons. The highest BCUT2D eigenvalue weighted by molar-refractivity contribution is 5.38. The minimum atomic E-state index is -2.69. The third-order valence-corrected chi connectivity index (χ3v) is 27.0. The first-order valence-corrected chi connectivity index (χ1v) is 42.5. The Morgan fingerprint density at radius 1 is 0.416 bits per heavy atom. The quantitative estimate of drug-likeness (QED) is 0.0323. The Morgan fingerprint density at radius 2 is 0.726 bits per heavy atom. The summed E-state index contributed by atoms with van der Waals surface area (Å²) in [7, 11) is 9.49. The molecule has 9 N–H and O–H groups in total. The van der Waals surface area contributed by atoms with Gasteiger partial charge in [-0.05, 0) is 194 Å². The maximum absolute atomic E-state index is 14.1. The Kier molecular flexibility index (Phi) is 27.4. The number of nitrogens with one attached hydrogen (secondary N) is 1. The van der Waals surface area contributed by atoms with Gasteiger partial charge < -0.3 is 51.9 Å². The average Bonchev–Trinajstić information content (AvgIpc) is 1.61. The molecular formula is C84H138F8N16O5. The topological polar surface area (TPSA) is 243 Å². The van der Waals surface area contributed by atoms with Gasteiger partial charge in [0.2, 0.25) is 0 Å². The van der Waals surface area contributed by atoms with E-state index in [0.717, 1.165) is 230 Å². The predicted molar refractivity (Wildman–Crippen MR) is 422 cm³/mol. The number of rotatable bonds is 24. The Labute approximate surface area is 666 Å². The smallest absolute Gasteiger partial charge is 0.272 e. The first kappa shape index (κ1) is 88.1. The second-order valence-electron chi connectivity index (χ2n) is 39.5. The van der Waals surface area contributed by atoms with Gasteiger partial charge in [0.05, 0.1) is 100 Å². The molecule has 4 aliphatic carbocycles. The van der Waals surface area contributed by atoms with Crippen LogP contribution < -0.4 is 28.3 Å². The third-order valence-electron chi connectivity index (χ3n) is 27.0. The van der Waals surface area contributed by atoms with Gasteiger partial charge in [0.15, 0.2) is 0 Å². The summed E-state index contributed by atoms with van der Waals surface area (Å²) in [4.78, 5) is 6.39. The van der Waals surface area contributed by atoms with E-state index in [4.69, 9.17) is 46.6 Å². The lowest BCUT2D eigenvalue weighted by molar-refractivity contribution is -0.0928. The number of halogens is 8. The van der Waals surface area contributed by atoms with E-state index in [1.54, 1.807) is 32.9 Å². The molecule has 3 spiro atoms. The van der Waals surface area contributed by atoms with Crippen LogP contribution in [0.3, 0.4) is 0 Å². The van der Waals surface area contributed by atoms with Gasteiger partial charge in [0.25, 0.3) is 23.7 Å². The molecule has 11 aliphatic rings. The minimum absolute atomic E-state index is 0.00175. The van der Waals surface area contributed by atoms with Crippen molar-refractivity contribution in [2.24, 2.45) is 55.4 Å². The van der Waals surface area contributed by atoms with E-state index in [1.165, 1.54) is 12.8 Å². The van der Waals surface area contributed by atoms with Crippen molar-refractivity contribution in [3.05, 3.63) is 67.8 Å². The molecule has 7 aliphatic heterocycles. The molecule has 0 radical (unpaired) electrons. The highest BCUT2D eigenvalue weighted by atomic mass is 19.3. The van der Waals surface area contributed by atoms with Crippen LogP contribution in [0.2, 0.25) is 0 Å². The standard InChI is InChI=1S/2C22H36F2N4O.C20H34F2N4O2.C20H32F2N4O/c2*1-20(2)12-21(15-29-14-20)6-4-16(5-7-21)19-17(11-27(3)9-8-25)26-28-13-22(23,24)10-18(19)28;1-25(9-8-23)11-16-18(17-10-20(21,22)12-26(17)24-16)15-4-6-19(7-5-15,13-27-2)14-28-3;1-18(2)11-19(27-13-18)5-3-14(4-6-19)17-15(10-24-8-7-23)25-26-12-20(21,22)9-16(17)26/h2*16H,4-15,25H2,1-3H3;15H,4-14,23H2,1-3H3;14,24H,3-13,23H2,1-2H3. The van der Waals surface area contributed by atoms with Gasteiger partial charge in [-0.25, -0.2) is 35.1 Å². The highest BCUT2D eigenvalue weighted by Crippen LogP contribution is 2.57. The summed E-state index contributed by atoms with van der Waals surface area (Å²) < 4.78 is 148. The normalized spacial score (nSPS) is 25.6. The number of nitrogens with two attached hydrogens (primary N) is 4. The molecule has 11 heterocycles. The summed E-state index contributed by atoms with van der Waals surface area (Å²) in [6, 6.07) is 0. The van der Waals surface area contributed by atoms with Crippen molar-refractivity contribution < 1.29 is 58.8 Å². The number of aromatic nitrogens is 8. The minimum Gasteiger partial charge on any atom is -0.384 e. The van der Waals surface area contributed by atoms with Crippen molar-refractivity contribution in [2.45, 2.75) is 295 Å². The van der Waals surface area contributed by atoms with Crippen molar-refractivity contribution in [1.29, 1.82) is 0 Å². The number of likely N-dealkylation sites (N-methyl/N-ethyl adjacent to an activating group) is 3. The monoisotopic (exact) mass is 1600 g/mol. The van der Waals surface area contributed by atoms with Crippen LogP contribution in [-0.2, 0) is 102 Å². The molecule has 0 unspecified atom stereocenters. The summed E-state index contributed by atoms with van der Waals surface area (Å²) in [5.74, 6) is -9.49. The van der Waals surface area contributed by atoms with E-state index < -0.39 is 23.7 Å². The van der Waals surface area contributed by atoms with E-state index in [1.807, 2.05) is 21.1 Å². The number of ether oxygens (including phenoxy) is 5. The summed E-state index contributed by atoms with van der Waals surface area (Å²) in [5, 5.41) is 21.7. The van der Waals surface area contributed by atoms with Gasteiger partial charge in [0.1, 0.15) is 26.2 Å². The Morgan fingerprint density at radius 3 is 1.03 bits per heavy atom. The molecule has 4 aromatic rings. The van der Waals surface area contributed by atoms with E-state index in [0.29, 0.717) is 89.9 Å². The summed E-state index contributed by atoms with van der Waals surface area (Å²) in [6.07, 6.45) is 19.2. The van der Waals surface area contributed by atoms with Crippen molar-refractivity contribution in [3.63, 3.8) is 0 Å². The van der Waals surface area contributed by atoms with Crippen LogP contribution in [0.15, 0.2) is 0 Å². The molecule has 0 bridgehead atoms. The number of methoxy groups -OCH3 is 2. The molecule has 0 atom stereocenters. The molecule has 15 rings (SSSR count). The van der Waals surface area contributed by atoms with Gasteiger partial charge in [0, 0.05) is 143 Å². The molecule has 4 saturated carbocycles. The van der Waals surface area contributed by atoms with Crippen molar-refractivity contribution >= 4 is 0 Å². The first-order valence-electron chi connectivity index (χ1n) is 42.5. The number of nitrogens with zero attached hydrogens (tertiary/aromatic N) is 11. The fourth-order valence-electron chi connectivity index (χ4n) is 22.5. The Hall–Kier alpha value is -4.24. The molecule has 3 saturated heterocycles. The van der Waals surface area contributed by atoms with E-state index >= 15 is 0 Å². The van der Waals surface area contributed by atoms with E-state index in [-0.39, 0.29) is 95.9 Å². The molecule has 113 heavy (non-hydrogen) atoms. The molecular weight excluding hydrogens is 1470 g/mol. The van der Waals surface area contributed by atoms with E-state index in [9.17, 15) is 35.1 Å². The predicted octanol–water partition coefficient (Wildman–Crippen LogP) is 12.5. The fourth-order valence-corrected chi connectivity index (χ4v) is 22.5. The number of fused-ring (bicyclic) bond motifs is 4. The van der Waals surface area contributed by atoms with Gasteiger partial charge in [-0.15, -0.1) is 0 Å². The fraction of sp³-hybridized carbons (Fsp3) is 0.857. The zero-order valence-corrected chi connectivity index (χ0v) is 70.1. The van der Waals surface area contributed by atoms with Crippen LogP contribution in [0, 0.1) is 32.5 Å². The molecule has 21 nitrogen and oxygen atoms in total. The van der Waals surface area contributed by atoms with Gasteiger partial charge in [-0.1, -0.05) is 41.5 Å². The van der Waals surface area contributed by atoms with Crippen LogP contribution in [0.1, 0.15) is 255 Å². The highest BCUT2D eigenvalue weighted by Gasteiger charge is 2.53. The number of hydrogen-bond donors (Lipinski definition) is 5. The van der Waals surface area contributed by atoms with E-state index in [2.05, 4.69) is 82.0 Å². The average molecular weight is 1600 g/mol. The summed E-state index contributed by atoms with van der Waals surface area (Å²) in [5.41, 5.74) is 35.1. The molecule has 4 aromatic heterocycles. The number of alkyl halides is 8. The lowest BCUT2D eigenvalue weighted by Crippen LogP contribution is -2.43. The molecule has 7 fully saturated rings. The van der Waals surface area contributed by atoms with Gasteiger partial charge >= 0.3 is 0 Å². The lowest BCUT2D eigenvalue weighted by atomic mass is 9.62. The second-order valence-corrected chi connectivity index (χ2v) is 39.5. The molecule has 0 aromatic carbocycles. The molecule has 29 heteroatoms. The third kappa shape index (κ3) is 21.1. The molecule has 0 amide bonds. The van der Waals surface area contributed by atoms with Gasteiger partial charge in [-0.3, -0.25) is 33.4 Å². The SMILES string of the molecule is CC1(C)COC2(CCC(c3c(CNCCN)nn4c3CC(F)(F)C4)CC2)C1.CN(CCN)Cc1nn2c(c1C1CCC3(CC1)COCC(C)(C)C3)CC(F)(F)C2.CN(CCN)Cc1nn2c(c1C1CCC3(CC1)COCC(C)(C)C3)CC(F)(F)C2.COCC1(COC)CCC(c2c(CN(C)CCN)nn3c2CC(F)(F)C3)CC1. The van der Waals surface area contributed by atoms with Crippen molar-refractivity contribution in [3.8, 4) is 0 Å². The van der Waals surface area contributed by atoms with Crippen LogP contribution in [-0.4, -0.2) is 217 Å². The zero-order valence-electron chi connectivity index (χ0n) is 70.1. The van der Waals surface area contributed by atoms with Gasteiger partial charge in [-0.2, -0.15) is 20.4 Å². The summed E-state index contributed by atoms with van der Waals surface area (Å²) in [6.45, 7) is 26.0. The van der Waals surface area contributed by atoms with Crippen molar-refractivity contribution in [1.82, 2.24) is 59.1 Å². The van der Waals surface area contributed by atoms with Crippen molar-refractivity contribution in [2.75, 3.05) is 134 Å². The second kappa shape index (κ2) is 35.2. The summed E-state index contributed by atoms with van der Waals surface area (Å²) >= 11 is 0. The largest absolute Gasteiger partial charge is 0.384 e. The van der Waals surface area contributed by atoms with Crippen LogP contribution in [0.4, 0.5) is 35.1 Å². The first-order chi connectivity index (χ1) is 53.3. The van der Waals surface area contributed by atoms with Crippen LogP contribution in [0.5, 0.6) is 0 Å². The Balaban J connectivity index is 0.000000140. The van der Waals surface area contributed by atoms with Crippen LogP contribution >= 0.6 is 0 Å². The van der Waals surface area contributed by atoms with Crippen LogP contribution in [0.25, 0.3) is 0 Å². The number of hydrogen-bond acceptors (Lipinski definition) is 17. The zero-order chi connectivity index (χ0) is 81.4. The lowest BCUT2D eigenvalue weighted by Gasteiger charge is -2.48.